The standard InChI is InChI=1S/C11H15NO2/c1-8(2)9-5-4-6-10(7-9)11(13)12-14-3/h4-8H,1-3H3,(H,12,13). The Labute approximate surface area is 84.0 Å². The third-order valence-electron chi connectivity index (χ3n) is 2.01. The van der Waals surface area contributed by atoms with Gasteiger partial charge in [-0.05, 0) is 23.6 Å². The van der Waals surface area contributed by atoms with Crippen LogP contribution in [0.4, 0.5) is 0 Å². The number of hydrogen-bond donors (Lipinski definition) is 1. The minimum absolute atomic E-state index is 0.213. The fourth-order valence-electron chi connectivity index (χ4n) is 1.19. The molecule has 0 aliphatic carbocycles. The first-order valence-electron chi connectivity index (χ1n) is 4.58. The molecule has 0 unspecified atom stereocenters. The third kappa shape index (κ3) is 2.57. The molecule has 0 aliphatic heterocycles. The molecule has 0 heterocycles. The molecule has 14 heavy (non-hydrogen) atoms. The maximum Gasteiger partial charge on any atom is 0.274 e. The highest BCUT2D eigenvalue weighted by Crippen LogP contribution is 2.15. The van der Waals surface area contributed by atoms with E-state index in [2.05, 4.69) is 24.2 Å². The van der Waals surface area contributed by atoms with E-state index in [1.807, 2.05) is 18.2 Å². The fraction of sp³-hybridized carbons (Fsp3) is 0.364. The lowest BCUT2D eigenvalue weighted by molar-refractivity contribution is 0.0537. The molecule has 0 aliphatic rings. The zero-order valence-electron chi connectivity index (χ0n) is 8.70. The maximum absolute atomic E-state index is 11.4. The highest BCUT2D eigenvalue weighted by Gasteiger charge is 2.06. The van der Waals surface area contributed by atoms with Crippen molar-refractivity contribution < 1.29 is 9.63 Å². The molecule has 1 rings (SSSR count). The van der Waals surface area contributed by atoms with Crippen LogP contribution in [-0.4, -0.2) is 13.0 Å². The van der Waals surface area contributed by atoms with Gasteiger partial charge in [-0.25, -0.2) is 5.48 Å². The molecular weight excluding hydrogens is 178 g/mol. The number of hydroxylamine groups is 1. The average Bonchev–Trinajstić information content (AvgIpc) is 2.18. The van der Waals surface area contributed by atoms with Gasteiger partial charge in [-0.2, -0.15) is 0 Å². The number of carbonyl (C=O) groups excluding carboxylic acids is 1. The summed E-state index contributed by atoms with van der Waals surface area (Å²) in [7, 11) is 1.42. The van der Waals surface area contributed by atoms with Gasteiger partial charge in [0, 0.05) is 5.56 Å². The van der Waals surface area contributed by atoms with Crippen LogP contribution in [0, 0.1) is 0 Å². The van der Waals surface area contributed by atoms with E-state index in [1.165, 1.54) is 7.11 Å². The lowest BCUT2D eigenvalue weighted by Crippen LogP contribution is -2.21. The van der Waals surface area contributed by atoms with Crippen LogP contribution in [0.3, 0.4) is 0 Å². The van der Waals surface area contributed by atoms with Crippen LogP contribution >= 0.6 is 0 Å². The number of amides is 1. The molecular formula is C11H15NO2. The molecule has 0 saturated carbocycles. The second kappa shape index (κ2) is 4.77. The van der Waals surface area contributed by atoms with Gasteiger partial charge >= 0.3 is 0 Å². The molecule has 1 aromatic carbocycles. The molecule has 0 atom stereocenters. The molecule has 1 aromatic rings. The first-order valence-corrected chi connectivity index (χ1v) is 4.58. The van der Waals surface area contributed by atoms with Crippen LogP contribution in [-0.2, 0) is 4.84 Å². The summed E-state index contributed by atoms with van der Waals surface area (Å²) in [4.78, 5) is 15.9. The molecule has 0 fully saturated rings. The van der Waals surface area contributed by atoms with Crippen molar-refractivity contribution in [1.29, 1.82) is 0 Å². The zero-order valence-corrected chi connectivity index (χ0v) is 8.70. The molecule has 3 nitrogen and oxygen atoms in total. The number of benzene rings is 1. The number of rotatable bonds is 3. The average molecular weight is 193 g/mol. The van der Waals surface area contributed by atoms with Gasteiger partial charge in [0.2, 0.25) is 0 Å². The summed E-state index contributed by atoms with van der Waals surface area (Å²) < 4.78 is 0. The Morgan fingerprint density at radius 1 is 1.43 bits per heavy atom. The highest BCUT2D eigenvalue weighted by molar-refractivity contribution is 5.93. The van der Waals surface area contributed by atoms with Crippen molar-refractivity contribution in [3.05, 3.63) is 35.4 Å². The van der Waals surface area contributed by atoms with Gasteiger partial charge in [0.15, 0.2) is 0 Å². The van der Waals surface area contributed by atoms with Gasteiger partial charge < -0.3 is 0 Å². The molecule has 1 amide bonds. The van der Waals surface area contributed by atoms with E-state index in [1.54, 1.807) is 6.07 Å². The normalized spacial score (nSPS) is 10.3. The lowest BCUT2D eigenvalue weighted by Gasteiger charge is -2.07. The Morgan fingerprint density at radius 3 is 2.71 bits per heavy atom. The van der Waals surface area contributed by atoms with Gasteiger partial charge in [-0.1, -0.05) is 26.0 Å². The van der Waals surface area contributed by atoms with Crippen molar-refractivity contribution in [2.24, 2.45) is 0 Å². The van der Waals surface area contributed by atoms with E-state index in [-0.39, 0.29) is 5.91 Å². The molecule has 0 bridgehead atoms. The summed E-state index contributed by atoms with van der Waals surface area (Å²) in [5.74, 6) is 0.209. The number of nitrogens with one attached hydrogen (secondary N) is 1. The van der Waals surface area contributed by atoms with E-state index >= 15 is 0 Å². The lowest BCUT2D eigenvalue weighted by atomic mass is 10.0. The molecule has 0 saturated heterocycles. The summed E-state index contributed by atoms with van der Waals surface area (Å²) >= 11 is 0. The van der Waals surface area contributed by atoms with Crippen LogP contribution in [0.2, 0.25) is 0 Å². The largest absolute Gasteiger partial charge is 0.277 e. The Bertz CT molecular complexity index is 321. The van der Waals surface area contributed by atoms with Gasteiger partial charge in [0.25, 0.3) is 5.91 Å². The van der Waals surface area contributed by atoms with Gasteiger partial charge in [0.1, 0.15) is 0 Å². The Balaban J connectivity index is 2.88. The fourth-order valence-corrected chi connectivity index (χ4v) is 1.19. The topological polar surface area (TPSA) is 38.3 Å². The third-order valence-corrected chi connectivity index (χ3v) is 2.01. The Kier molecular flexibility index (Phi) is 3.65. The number of carbonyl (C=O) groups is 1. The first kappa shape index (κ1) is 10.7. The highest BCUT2D eigenvalue weighted by atomic mass is 16.6. The molecule has 0 radical (unpaired) electrons. The van der Waals surface area contributed by atoms with Crippen LogP contribution in [0.25, 0.3) is 0 Å². The zero-order chi connectivity index (χ0) is 10.6. The molecule has 1 N–H and O–H groups in total. The Hall–Kier alpha value is -1.35. The van der Waals surface area contributed by atoms with Crippen LogP contribution in [0.5, 0.6) is 0 Å². The molecule has 76 valence electrons. The minimum Gasteiger partial charge on any atom is -0.277 e. The van der Waals surface area contributed by atoms with Gasteiger partial charge in [-0.3, -0.25) is 9.63 Å². The van der Waals surface area contributed by atoms with Gasteiger partial charge in [-0.15, -0.1) is 0 Å². The van der Waals surface area contributed by atoms with E-state index in [0.29, 0.717) is 11.5 Å². The molecule has 0 spiro atoms. The summed E-state index contributed by atoms with van der Waals surface area (Å²) in [6, 6.07) is 7.52. The summed E-state index contributed by atoms with van der Waals surface area (Å²) in [5.41, 5.74) is 4.06. The second-order valence-corrected chi connectivity index (χ2v) is 3.42. The summed E-state index contributed by atoms with van der Waals surface area (Å²) in [6.07, 6.45) is 0. The second-order valence-electron chi connectivity index (χ2n) is 3.42. The van der Waals surface area contributed by atoms with Crippen LogP contribution < -0.4 is 5.48 Å². The van der Waals surface area contributed by atoms with E-state index in [9.17, 15) is 4.79 Å². The molecule has 0 aromatic heterocycles. The Morgan fingerprint density at radius 2 is 2.14 bits per heavy atom. The minimum atomic E-state index is -0.213. The van der Waals surface area contributed by atoms with Crippen molar-refractivity contribution in [2.45, 2.75) is 19.8 Å². The predicted molar refractivity (Wildman–Crippen MR) is 55.0 cm³/mol. The quantitative estimate of drug-likeness (QED) is 0.746. The smallest absolute Gasteiger partial charge is 0.274 e. The van der Waals surface area contributed by atoms with Crippen molar-refractivity contribution in [1.82, 2.24) is 5.48 Å². The first-order chi connectivity index (χ1) is 6.65. The van der Waals surface area contributed by atoms with Crippen molar-refractivity contribution in [2.75, 3.05) is 7.11 Å². The van der Waals surface area contributed by atoms with E-state index in [4.69, 9.17) is 0 Å². The number of hydrogen-bond acceptors (Lipinski definition) is 2. The van der Waals surface area contributed by atoms with E-state index in [0.717, 1.165) is 5.56 Å². The predicted octanol–water partition coefficient (Wildman–Crippen LogP) is 2.10. The van der Waals surface area contributed by atoms with Gasteiger partial charge in [0.05, 0.1) is 7.11 Å². The SMILES string of the molecule is CONC(=O)c1cccc(C(C)C)c1. The maximum atomic E-state index is 11.4. The van der Waals surface area contributed by atoms with E-state index < -0.39 is 0 Å². The van der Waals surface area contributed by atoms with Crippen LogP contribution in [0.1, 0.15) is 35.7 Å². The monoisotopic (exact) mass is 193 g/mol. The van der Waals surface area contributed by atoms with Crippen LogP contribution in [0.15, 0.2) is 24.3 Å². The van der Waals surface area contributed by atoms with Crippen molar-refractivity contribution in [3.8, 4) is 0 Å². The van der Waals surface area contributed by atoms with Crippen molar-refractivity contribution in [3.63, 3.8) is 0 Å². The van der Waals surface area contributed by atoms with Crippen molar-refractivity contribution >= 4 is 5.91 Å². The molecule has 3 heteroatoms. The summed E-state index contributed by atoms with van der Waals surface area (Å²) in [6.45, 7) is 4.18. The summed E-state index contributed by atoms with van der Waals surface area (Å²) in [5, 5.41) is 0.